The predicted molar refractivity (Wildman–Crippen MR) is 120 cm³/mol. The second-order valence-corrected chi connectivity index (χ2v) is 13.0. The topological polar surface area (TPSA) is 144 Å². The van der Waals surface area contributed by atoms with Crippen LogP contribution in [0.1, 0.15) is 17.9 Å². The summed E-state index contributed by atoms with van der Waals surface area (Å²) in [6.07, 6.45) is -0.268. The molecule has 0 aromatic heterocycles. The largest absolute Gasteiger partial charge is 0.497 e. The Morgan fingerprint density at radius 2 is 1.41 bits per heavy atom. The van der Waals surface area contributed by atoms with E-state index in [1.807, 2.05) is 0 Å². The molecule has 0 amide bonds. The standard InChI is InChI=1S/C21H29NO10S2/c1-29-15-6-4-14(5-7-15)17-18(20(23)30-2)33(25,26)16(8-9-22-10-12-32-13-11-22)34(27,28)19(17)21(24)31-3/h4-7,16-19H,8-13H2,1-3H3/p+1/t16?,17?,18-,19-/m1/s1. The number of esters is 2. The Hall–Kier alpha value is -2.22. The lowest BCUT2D eigenvalue weighted by Crippen LogP contribution is -3.14. The molecular formula is C21H30NO10S2+. The van der Waals surface area contributed by atoms with Gasteiger partial charge in [-0.3, -0.25) is 9.59 Å². The van der Waals surface area contributed by atoms with Gasteiger partial charge in [0.05, 0.1) is 41.1 Å². The summed E-state index contributed by atoms with van der Waals surface area (Å²) in [5.74, 6) is -3.38. The first-order valence-corrected chi connectivity index (χ1v) is 14.0. The minimum Gasteiger partial charge on any atom is -0.497 e. The van der Waals surface area contributed by atoms with Gasteiger partial charge in [0, 0.05) is 12.3 Å². The molecule has 2 saturated heterocycles. The fraction of sp³-hybridized carbons (Fsp3) is 0.619. The van der Waals surface area contributed by atoms with E-state index < -0.39 is 52.6 Å². The molecule has 13 heteroatoms. The van der Waals surface area contributed by atoms with E-state index in [4.69, 9.17) is 18.9 Å². The van der Waals surface area contributed by atoms with E-state index in [1.54, 1.807) is 0 Å². The van der Waals surface area contributed by atoms with Gasteiger partial charge in [-0.15, -0.1) is 0 Å². The van der Waals surface area contributed by atoms with Crippen molar-refractivity contribution in [1.82, 2.24) is 0 Å². The number of hydrogen-bond acceptors (Lipinski definition) is 10. The molecule has 0 aliphatic carbocycles. The summed E-state index contributed by atoms with van der Waals surface area (Å²) in [5.41, 5.74) is 0.163. The molecular weight excluding hydrogens is 490 g/mol. The van der Waals surface area contributed by atoms with Crippen LogP contribution in [-0.2, 0) is 43.5 Å². The smallest absolute Gasteiger partial charge is 0.324 e. The van der Waals surface area contributed by atoms with Crippen molar-refractivity contribution in [2.24, 2.45) is 0 Å². The highest BCUT2D eigenvalue weighted by Gasteiger charge is 2.63. The van der Waals surface area contributed by atoms with Crippen molar-refractivity contribution in [2.75, 3.05) is 54.2 Å². The van der Waals surface area contributed by atoms with Gasteiger partial charge in [0.15, 0.2) is 34.8 Å². The zero-order chi connectivity index (χ0) is 25.1. The fourth-order valence-corrected chi connectivity index (χ4v) is 10.6. The molecule has 190 valence electrons. The SMILES string of the molecule is COC(=O)[C@H]1C(c2ccc(OC)cc2)[C@H](C(=O)OC)S(=O)(=O)C(CC[NH+]2CCOCC2)S1(=O)=O. The third-order valence-corrected chi connectivity index (χ3v) is 12.3. The molecule has 3 rings (SSSR count). The molecule has 2 aliphatic rings. The lowest BCUT2D eigenvalue weighted by atomic mass is 9.91. The van der Waals surface area contributed by atoms with Gasteiger partial charge >= 0.3 is 11.9 Å². The van der Waals surface area contributed by atoms with Gasteiger partial charge < -0.3 is 23.8 Å². The van der Waals surface area contributed by atoms with E-state index in [-0.39, 0.29) is 18.5 Å². The average Bonchev–Trinajstić information content (AvgIpc) is 2.82. The van der Waals surface area contributed by atoms with E-state index in [1.165, 1.54) is 31.4 Å². The molecule has 0 spiro atoms. The number of benzene rings is 1. The van der Waals surface area contributed by atoms with Crippen LogP contribution in [-0.4, -0.2) is 98.0 Å². The van der Waals surface area contributed by atoms with Crippen LogP contribution >= 0.6 is 0 Å². The number of ether oxygens (including phenoxy) is 4. The summed E-state index contributed by atoms with van der Waals surface area (Å²) in [5, 5.41) is -3.80. The maximum atomic E-state index is 13.7. The van der Waals surface area contributed by atoms with E-state index in [9.17, 15) is 26.4 Å². The Kier molecular flexibility index (Phi) is 8.22. The number of carbonyl (C=O) groups is 2. The summed E-state index contributed by atoms with van der Waals surface area (Å²) in [6, 6.07) is 5.84. The number of morpholine rings is 1. The van der Waals surface area contributed by atoms with Crippen LogP contribution in [0.4, 0.5) is 0 Å². The third kappa shape index (κ3) is 4.92. The fourth-order valence-electron chi connectivity index (χ4n) is 4.61. The van der Waals surface area contributed by atoms with Crippen molar-refractivity contribution in [2.45, 2.75) is 27.4 Å². The van der Waals surface area contributed by atoms with E-state index in [0.29, 0.717) is 32.1 Å². The average molecular weight is 521 g/mol. The second kappa shape index (κ2) is 10.6. The molecule has 0 unspecified atom stereocenters. The molecule has 0 radical (unpaired) electrons. The predicted octanol–water partition coefficient (Wildman–Crippen LogP) is -1.66. The normalized spacial score (nSPS) is 28.6. The molecule has 1 aromatic carbocycles. The number of nitrogens with one attached hydrogen (secondary N) is 1. The van der Waals surface area contributed by atoms with Crippen LogP contribution in [0.25, 0.3) is 0 Å². The lowest BCUT2D eigenvalue weighted by molar-refractivity contribution is -0.908. The van der Waals surface area contributed by atoms with Crippen LogP contribution < -0.4 is 9.64 Å². The molecule has 0 saturated carbocycles. The maximum Gasteiger partial charge on any atom is 0.324 e. The Morgan fingerprint density at radius 3 is 1.85 bits per heavy atom. The van der Waals surface area contributed by atoms with E-state index >= 15 is 0 Å². The van der Waals surface area contributed by atoms with Crippen LogP contribution in [0.2, 0.25) is 0 Å². The van der Waals surface area contributed by atoms with Gasteiger partial charge in [0.1, 0.15) is 18.8 Å². The minimum absolute atomic E-state index is 0.163. The first-order chi connectivity index (χ1) is 16.1. The van der Waals surface area contributed by atoms with Gasteiger partial charge in [-0.1, -0.05) is 12.1 Å². The zero-order valence-electron chi connectivity index (χ0n) is 19.3. The quantitative estimate of drug-likeness (QED) is 0.415. The van der Waals surface area contributed by atoms with Crippen molar-refractivity contribution in [3.05, 3.63) is 29.8 Å². The Balaban J connectivity index is 2.13. The molecule has 2 atom stereocenters. The number of carbonyl (C=O) groups excluding carboxylic acids is 2. The molecule has 2 heterocycles. The Bertz CT molecular complexity index is 1040. The molecule has 34 heavy (non-hydrogen) atoms. The molecule has 11 nitrogen and oxygen atoms in total. The van der Waals surface area contributed by atoms with Crippen molar-refractivity contribution >= 4 is 31.6 Å². The summed E-state index contributed by atoms with van der Waals surface area (Å²) < 4.78 is 72.7. The Morgan fingerprint density at radius 1 is 0.912 bits per heavy atom. The summed E-state index contributed by atoms with van der Waals surface area (Å²) in [4.78, 5) is 26.6. The highest BCUT2D eigenvalue weighted by molar-refractivity contribution is 8.11. The van der Waals surface area contributed by atoms with Crippen molar-refractivity contribution < 1.29 is 50.3 Å². The monoisotopic (exact) mass is 520 g/mol. The minimum atomic E-state index is -4.62. The van der Waals surface area contributed by atoms with Crippen molar-refractivity contribution in [3.63, 3.8) is 0 Å². The zero-order valence-corrected chi connectivity index (χ0v) is 20.9. The number of quaternary nitrogens is 1. The highest BCUT2D eigenvalue weighted by Crippen LogP contribution is 2.43. The molecule has 2 fully saturated rings. The molecule has 1 N–H and O–H groups in total. The van der Waals surface area contributed by atoms with Gasteiger partial charge in [-0.2, -0.15) is 0 Å². The number of methoxy groups -OCH3 is 3. The van der Waals surface area contributed by atoms with Crippen molar-refractivity contribution in [1.29, 1.82) is 0 Å². The van der Waals surface area contributed by atoms with E-state index in [2.05, 4.69) is 0 Å². The van der Waals surface area contributed by atoms with Crippen LogP contribution in [0, 0.1) is 0 Å². The summed E-state index contributed by atoms with van der Waals surface area (Å²) in [6.45, 7) is 2.38. The van der Waals surface area contributed by atoms with Gasteiger partial charge in [0.25, 0.3) is 0 Å². The van der Waals surface area contributed by atoms with Gasteiger partial charge in [-0.25, -0.2) is 16.8 Å². The van der Waals surface area contributed by atoms with Crippen LogP contribution in [0.15, 0.2) is 24.3 Å². The van der Waals surface area contributed by atoms with Crippen LogP contribution in [0.5, 0.6) is 5.75 Å². The summed E-state index contributed by atoms with van der Waals surface area (Å²) in [7, 11) is -5.77. The van der Waals surface area contributed by atoms with Gasteiger partial charge in [-0.05, 0) is 17.7 Å². The molecule has 2 aliphatic heterocycles. The number of sulfone groups is 2. The second-order valence-electron chi connectivity index (χ2n) is 8.20. The van der Waals surface area contributed by atoms with Crippen molar-refractivity contribution in [3.8, 4) is 5.75 Å². The lowest BCUT2D eigenvalue weighted by Gasteiger charge is -2.39. The molecule has 1 aromatic rings. The maximum absolute atomic E-state index is 13.7. The third-order valence-electron chi connectivity index (χ3n) is 6.39. The Labute approximate surface area is 199 Å². The highest BCUT2D eigenvalue weighted by atomic mass is 32.3. The molecule has 0 bridgehead atoms. The number of hydrogen-bond donors (Lipinski definition) is 1. The van der Waals surface area contributed by atoms with E-state index in [0.717, 1.165) is 19.1 Å². The number of rotatable bonds is 7. The first kappa shape index (κ1) is 26.4. The van der Waals surface area contributed by atoms with Gasteiger partial charge in [0.2, 0.25) is 0 Å². The summed E-state index contributed by atoms with van der Waals surface area (Å²) >= 11 is 0. The first-order valence-electron chi connectivity index (χ1n) is 10.8. The van der Waals surface area contributed by atoms with Crippen LogP contribution in [0.3, 0.4) is 0 Å².